The van der Waals surface area contributed by atoms with E-state index < -0.39 is 28.5 Å². The topological polar surface area (TPSA) is 86.8 Å². The van der Waals surface area contributed by atoms with Crippen LogP contribution < -0.4 is 9.62 Å². The molecule has 0 spiro atoms. The van der Waals surface area contributed by atoms with Crippen molar-refractivity contribution in [3.05, 3.63) is 65.2 Å². The zero-order chi connectivity index (χ0) is 24.6. The minimum atomic E-state index is -3.76. The first kappa shape index (κ1) is 26.7. The van der Waals surface area contributed by atoms with Gasteiger partial charge in [0.1, 0.15) is 12.6 Å². The van der Waals surface area contributed by atoms with Gasteiger partial charge < -0.3 is 10.2 Å². The van der Waals surface area contributed by atoms with Crippen LogP contribution >= 0.6 is 11.6 Å². The molecule has 7 nitrogen and oxygen atoms in total. The fourth-order valence-electron chi connectivity index (χ4n) is 3.34. The van der Waals surface area contributed by atoms with E-state index in [2.05, 4.69) is 5.32 Å². The number of nitrogens with zero attached hydrogens (tertiary/aromatic N) is 2. The first-order chi connectivity index (χ1) is 15.5. The number of halogens is 1. The number of carbonyl (C=O) groups is 2. The SMILES string of the molecule is CC[C@H](C(=O)NCC(C)C)N(Cc1ccccc1)C(=O)CN(c1ccc(Cl)cc1)S(C)(=O)=O. The monoisotopic (exact) mass is 493 g/mol. The molecule has 33 heavy (non-hydrogen) atoms. The van der Waals surface area contributed by atoms with Crippen molar-refractivity contribution in [2.24, 2.45) is 5.92 Å². The average Bonchev–Trinajstić information content (AvgIpc) is 2.76. The molecular formula is C24H32ClN3O4S. The Balaban J connectivity index is 2.37. The van der Waals surface area contributed by atoms with E-state index in [0.717, 1.165) is 16.1 Å². The molecule has 2 aromatic carbocycles. The van der Waals surface area contributed by atoms with E-state index in [1.807, 2.05) is 51.1 Å². The predicted octanol–water partition coefficient (Wildman–Crippen LogP) is 3.69. The normalized spacial score (nSPS) is 12.3. The predicted molar refractivity (Wildman–Crippen MR) is 133 cm³/mol. The fraction of sp³-hybridized carbons (Fsp3) is 0.417. The summed E-state index contributed by atoms with van der Waals surface area (Å²) in [5, 5.41) is 3.35. The van der Waals surface area contributed by atoms with E-state index in [4.69, 9.17) is 11.6 Å². The third kappa shape index (κ3) is 8.05. The van der Waals surface area contributed by atoms with Crippen LogP contribution in [-0.4, -0.2) is 50.5 Å². The summed E-state index contributed by atoms with van der Waals surface area (Å²) in [4.78, 5) is 27.9. The molecule has 0 aliphatic rings. The van der Waals surface area contributed by atoms with E-state index in [1.54, 1.807) is 24.3 Å². The highest BCUT2D eigenvalue weighted by atomic mass is 35.5. The third-order valence-corrected chi connectivity index (χ3v) is 6.45. The Bertz CT molecular complexity index is 1030. The first-order valence-corrected chi connectivity index (χ1v) is 13.1. The standard InChI is InChI=1S/C24H32ClN3O4S/c1-5-22(24(30)26-15-18(2)3)27(16-19-9-7-6-8-10-19)23(29)17-28(33(4,31)32)21-13-11-20(25)12-14-21/h6-14,18,22H,5,15-17H2,1-4H3,(H,26,30)/t22-/m1/s1. The summed E-state index contributed by atoms with van der Waals surface area (Å²) in [5.74, 6) is -0.464. The van der Waals surface area contributed by atoms with Gasteiger partial charge in [-0.15, -0.1) is 0 Å². The van der Waals surface area contributed by atoms with Gasteiger partial charge in [-0.1, -0.05) is 62.7 Å². The highest BCUT2D eigenvalue weighted by molar-refractivity contribution is 7.92. The lowest BCUT2D eigenvalue weighted by atomic mass is 10.1. The molecule has 0 unspecified atom stereocenters. The molecule has 0 aromatic heterocycles. The second kappa shape index (κ2) is 12.0. The summed E-state index contributed by atoms with van der Waals surface area (Å²) in [6, 6.07) is 14.8. The Labute approximate surface area is 201 Å². The summed E-state index contributed by atoms with van der Waals surface area (Å²) in [7, 11) is -3.76. The number of carbonyl (C=O) groups excluding carboxylic acids is 2. The maximum atomic E-state index is 13.5. The van der Waals surface area contributed by atoms with Crippen LogP contribution in [0.2, 0.25) is 5.02 Å². The maximum absolute atomic E-state index is 13.5. The van der Waals surface area contributed by atoms with Crippen molar-refractivity contribution < 1.29 is 18.0 Å². The van der Waals surface area contributed by atoms with Crippen LogP contribution in [0.3, 0.4) is 0 Å². The highest BCUT2D eigenvalue weighted by Crippen LogP contribution is 2.21. The van der Waals surface area contributed by atoms with E-state index in [0.29, 0.717) is 23.7 Å². The summed E-state index contributed by atoms with van der Waals surface area (Å²) in [6.45, 7) is 6.06. The molecule has 2 rings (SSSR count). The van der Waals surface area contributed by atoms with Crippen LogP contribution in [0.1, 0.15) is 32.8 Å². The molecule has 9 heteroatoms. The van der Waals surface area contributed by atoms with Crippen molar-refractivity contribution in [1.29, 1.82) is 0 Å². The number of anilines is 1. The molecule has 1 N–H and O–H groups in total. The molecule has 0 aliphatic heterocycles. The minimum Gasteiger partial charge on any atom is -0.354 e. The van der Waals surface area contributed by atoms with Crippen molar-refractivity contribution in [2.75, 3.05) is 23.7 Å². The van der Waals surface area contributed by atoms with Crippen molar-refractivity contribution in [3.8, 4) is 0 Å². The first-order valence-electron chi connectivity index (χ1n) is 10.9. The maximum Gasteiger partial charge on any atom is 0.244 e. The van der Waals surface area contributed by atoms with Crippen LogP contribution in [0, 0.1) is 5.92 Å². The van der Waals surface area contributed by atoms with Crippen LogP contribution in [0.25, 0.3) is 0 Å². The summed E-state index contributed by atoms with van der Waals surface area (Å²) >= 11 is 5.94. The summed E-state index contributed by atoms with van der Waals surface area (Å²) < 4.78 is 26.1. The van der Waals surface area contributed by atoms with Gasteiger partial charge in [-0.2, -0.15) is 0 Å². The molecule has 2 amide bonds. The van der Waals surface area contributed by atoms with Gasteiger partial charge in [0, 0.05) is 18.1 Å². The van der Waals surface area contributed by atoms with E-state index in [-0.39, 0.29) is 18.4 Å². The second-order valence-corrected chi connectivity index (χ2v) is 10.7. The van der Waals surface area contributed by atoms with Gasteiger partial charge in [0.2, 0.25) is 21.8 Å². The van der Waals surface area contributed by atoms with Crippen molar-refractivity contribution in [1.82, 2.24) is 10.2 Å². The lowest BCUT2D eigenvalue weighted by molar-refractivity contribution is -0.140. The van der Waals surface area contributed by atoms with Gasteiger partial charge in [0.25, 0.3) is 0 Å². The van der Waals surface area contributed by atoms with Crippen LogP contribution in [0.4, 0.5) is 5.69 Å². The van der Waals surface area contributed by atoms with Crippen molar-refractivity contribution >= 4 is 39.1 Å². The lowest BCUT2D eigenvalue weighted by Gasteiger charge is -2.33. The van der Waals surface area contributed by atoms with Crippen LogP contribution in [-0.2, 0) is 26.2 Å². The van der Waals surface area contributed by atoms with Gasteiger partial charge in [-0.25, -0.2) is 8.42 Å². The Hall–Kier alpha value is -2.58. The number of hydrogen-bond acceptors (Lipinski definition) is 4. The number of amides is 2. The van der Waals surface area contributed by atoms with E-state index in [9.17, 15) is 18.0 Å². The smallest absolute Gasteiger partial charge is 0.244 e. The number of nitrogens with one attached hydrogen (secondary N) is 1. The molecular weight excluding hydrogens is 462 g/mol. The Morgan fingerprint density at radius 2 is 1.64 bits per heavy atom. The van der Waals surface area contributed by atoms with Crippen LogP contribution in [0.15, 0.2) is 54.6 Å². The quantitative estimate of drug-likeness (QED) is 0.517. The van der Waals surface area contributed by atoms with Crippen molar-refractivity contribution in [3.63, 3.8) is 0 Å². The number of hydrogen-bond donors (Lipinski definition) is 1. The van der Waals surface area contributed by atoms with E-state index in [1.165, 1.54) is 4.90 Å². The molecule has 0 saturated carbocycles. The molecule has 2 aromatic rings. The number of sulfonamides is 1. The molecule has 0 saturated heterocycles. The molecule has 0 bridgehead atoms. The highest BCUT2D eigenvalue weighted by Gasteiger charge is 2.31. The zero-order valence-electron chi connectivity index (χ0n) is 19.5. The van der Waals surface area contributed by atoms with Gasteiger partial charge in [0.15, 0.2) is 0 Å². The Kier molecular flexibility index (Phi) is 9.73. The van der Waals surface area contributed by atoms with Crippen molar-refractivity contribution in [2.45, 2.75) is 39.8 Å². The Morgan fingerprint density at radius 1 is 1.03 bits per heavy atom. The minimum absolute atomic E-state index is 0.186. The molecule has 180 valence electrons. The molecule has 0 heterocycles. The van der Waals surface area contributed by atoms with Gasteiger partial charge >= 0.3 is 0 Å². The summed E-state index contributed by atoms with van der Waals surface area (Å²) in [5.41, 5.74) is 1.17. The summed E-state index contributed by atoms with van der Waals surface area (Å²) in [6.07, 6.45) is 1.44. The van der Waals surface area contributed by atoms with Gasteiger partial charge in [-0.3, -0.25) is 13.9 Å². The second-order valence-electron chi connectivity index (χ2n) is 8.32. The van der Waals surface area contributed by atoms with E-state index >= 15 is 0 Å². The third-order valence-electron chi connectivity index (χ3n) is 5.06. The number of benzene rings is 2. The largest absolute Gasteiger partial charge is 0.354 e. The fourth-order valence-corrected chi connectivity index (χ4v) is 4.32. The van der Waals surface area contributed by atoms with Gasteiger partial charge in [0.05, 0.1) is 11.9 Å². The Morgan fingerprint density at radius 3 is 2.15 bits per heavy atom. The van der Waals surface area contributed by atoms with Gasteiger partial charge in [-0.05, 0) is 42.2 Å². The molecule has 0 fully saturated rings. The molecule has 0 radical (unpaired) electrons. The molecule has 0 aliphatic carbocycles. The lowest BCUT2D eigenvalue weighted by Crippen LogP contribution is -2.52. The number of rotatable bonds is 11. The average molecular weight is 494 g/mol. The molecule has 1 atom stereocenters. The zero-order valence-corrected chi connectivity index (χ0v) is 21.1. The van der Waals surface area contributed by atoms with Crippen LogP contribution in [0.5, 0.6) is 0 Å².